The Balaban J connectivity index is 0.000000730. The van der Waals surface area contributed by atoms with E-state index < -0.39 is 11.4 Å². The number of aromatic nitrogens is 2. The highest BCUT2D eigenvalue weighted by molar-refractivity contribution is 6.03. The van der Waals surface area contributed by atoms with Gasteiger partial charge in [-0.25, -0.2) is 14.5 Å². The maximum Gasteiger partial charge on any atom is 0.272 e. The van der Waals surface area contributed by atoms with Gasteiger partial charge in [-0.2, -0.15) is 5.10 Å². The fourth-order valence-corrected chi connectivity index (χ4v) is 2.58. The van der Waals surface area contributed by atoms with Crippen molar-refractivity contribution in [2.45, 2.75) is 19.8 Å². The average Bonchev–Trinajstić information content (AvgIpc) is 2.66. The van der Waals surface area contributed by atoms with Gasteiger partial charge in [0.2, 0.25) is 0 Å². The molecule has 136 valence electrons. The monoisotopic (exact) mass is 352 g/mol. The summed E-state index contributed by atoms with van der Waals surface area (Å²) in [4.78, 5) is 20.0. The lowest BCUT2D eigenvalue weighted by Gasteiger charge is -2.25. The van der Waals surface area contributed by atoms with Gasteiger partial charge in [-0.15, -0.1) is 0 Å². The van der Waals surface area contributed by atoms with Gasteiger partial charge in [0.15, 0.2) is 0 Å². The largest absolute Gasteiger partial charge is 0.390 e. The van der Waals surface area contributed by atoms with Crippen LogP contribution in [0.25, 0.3) is 10.8 Å². The maximum atomic E-state index is 13.6. The molecule has 1 aromatic carbocycles. The molecule has 0 saturated carbocycles. The third kappa shape index (κ3) is 3.98. The summed E-state index contributed by atoms with van der Waals surface area (Å²) in [5.74, 6) is -0.261. The lowest BCUT2D eigenvalue weighted by atomic mass is 9.94. The number of hydrogen-bond donors (Lipinski definition) is 3. The van der Waals surface area contributed by atoms with Crippen LogP contribution >= 0.6 is 0 Å². The fraction of sp³-hybridized carbons (Fsp3) is 0.375. The lowest BCUT2D eigenvalue weighted by molar-refractivity contribution is 0.629. The average molecular weight is 352 g/mol. The summed E-state index contributed by atoms with van der Waals surface area (Å²) in [6.45, 7) is 4.44. The Morgan fingerprint density at radius 1 is 1.40 bits per heavy atom. The van der Waals surface area contributed by atoms with Crippen molar-refractivity contribution in [1.82, 2.24) is 10.2 Å². The summed E-state index contributed by atoms with van der Waals surface area (Å²) in [5, 5.41) is 10.4. The third-order valence-corrected chi connectivity index (χ3v) is 3.46. The molecule has 0 spiro atoms. The number of halogens is 2. The Morgan fingerprint density at radius 3 is 2.68 bits per heavy atom. The number of nitrogens with zero attached hydrogens (tertiary/aromatic N) is 3. The molecule has 0 radical (unpaired) electrons. The Hall–Kier alpha value is -2.84. The van der Waals surface area contributed by atoms with Gasteiger partial charge in [-0.3, -0.25) is 14.2 Å². The number of amidine groups is 1. The highest BCUT2D eigenvalue weighted by Crippen LogP contribution is 2.34. The van der Waals surface area contributed by atoms with E-state index in [2.05, 4.69) is 25.5 Å². The fourth-order valence-electron chi connectivity index (χ4n) is 2.58. The molecule has 9 heteroatoms. The molecule has 0 bridgehead atoms. The van der Waals surface area contributed by atoms with E-state index >= 15 is 0 Å². The van der Waals surface area contributed by atoms with Crippen molar-refractivity contribution in [1.29, 1.82) is 0 Å². The molecule has 3 rings (SSSR count). The van der Waals surface area contributed by atoms with E-state index in [0.29, 0.717) is 36.3 Å². The zero-order valence-corrected chi connectivity index (χ0v) is 14.6. The van der Waals surface area contributed by atoms with Crippen molar-refractivity contribution in [3.63, 3.8) is 0 Å². The standard InChI is InChI=1S/C13H13FN6O.C2H6.CH3F/c1-16-12(18-5-15)8-4-17-9-3-6(14)2-7-10(9)11(8)19-20-13(7)21;2*1-2/h2-3,5,8,17H,4H2,1H3,(H,20,21)(H2,15,16,18);1-2H3;1H3. The van der Waals surface area contributed by atoms with Crippen LogP contribution in [0.1, 0.15) is 25.5 Å². The highest BCUT2D eigenvalue weighted by atomic mass is 19.1. The number of aliphatic imine (C=N–C) groups is 2. The number of rotatable bonds is 1. The van der Waals surface area contributed by atoms with Crippen molar-refractivity contribution >= 4 is 28.6 Å². The van der Waals surface area contributed by atoms with E-state index in [-0.39, 0.29) is 11.3 Å². The normalized spacial score (nSPS) is 15.8. The zero-order valence-electron chi connectivity index (χ0n) is 14.6. The quantitative estimate of drug-likeness (QED) is 0.540. The molecule has 7 nitrogen and oxygen atoms in total. The first-order valence-electron chi connectivity index (χ1n) is 7.70. The van der Waals surface area contributed by atoms with E-state index in [1.807, 2.05) is 13.8 Å². The number of nitrogens with two attached hydrogens (primary N) is 1. The van der Waals surface area contributed by atoms with Crippen LogP contribution in [0.3, 0.4) is 0 Å². The molecule has 2 heterocycles. The van der Waals surface area contributed by atoms with Crippen molar-refractivity contribution in [2.75, 3.05) is 26.1 Å². The minimum atomic E-state index is -0.476. The molecule has 0 aliphatic carbocycles. The molecule has 25 heavy (non-hydrogen) atoms. The Labute approximate surface area is 144 Å². The Kier molecular flexibility index (Phi) is 7.64. The molecule has 1 unspecified atom stereocenters. The van der Waals surface area contributed by atoms with E-state index in [4.69, 9.17) is 5.73 Å². The molecular formula is C16H22F2N6O. The number of H-pyrrole nitrogens is 1. The predicted octanol–water partition coefficient (Wildman–Crippen LogP) is 2.20. The highest BCUT2D eigenvalue weighted by Gasteiger charge is 2.28. The summed E-state index contributed by atoms with van der Waals surface area (Å²) >= 11 is 0. The SMILES string of the molecule is CC.CF.CN=C(N=CN)C1CNc2cc(F)cc3c(=O)[nH]nc1c23. The lowest BCUT2D eigenvalue weighted by Crippen LogP contribution is -2.28. The van der Waals surface area contributed by atoms with Crippen molar-refractivity contribution in [3.8, 4) is 0 Å². The second-order valence-electron chi connectivity index (χ2n) is 4.61. The predicted molar refractivity (Wildman–Crippen MR) is 98.0 cm³/mol. The first kappa shape index (κ1) is 20.2. The van der Waals surface area contributed by atoms with Crippen molar-refractivity contribution < 1.29 is 8.78 Å². The number of anilines is 1. The summed E-state index contributed by atoms with van der Waals surface area (Å²) in [7, 11) is 2.10. The van der Waals surface area contributed by atoms with E-state index in [1.54, 1.807) is 7.05 Å². The molecular weight excluding hydrogens is 330 g/mol. The first-order valence-corrected chi connectivity index (χ1v) is 7.70. The van der Waals surface area contributed by atoms with Crippen LogP contribution in [0.5, 0.6) is 0 Å². The van der Waals surface area contributed by atoms with Gasteiger partial charge in [0.25, 0.3) is 5.56 Å². The van der Waals surface area contributed by atoms with Gasteiger partial charge in [-0.1, -0.05) is 13.8 Å². The van der Waals surface area contributed by atoms with Gasteiger partial charge < -0.3 is 11.1 Å². The zero-order chi connectivity index (χ0) is 19.0. The van der Waals surface area contributed by atoms with E-state index in [9.17, 15) is 13.6 Å². The van der Waals surface area contributed by atoms with E-state index in [1.165, 1.54) is 12.1 Å². The Bertz CT molecular complexity index is 831. The second kappa shape index (κ2) is 9.45. The van der Waals surface area contributed by atoms with Crippen LogP contribution < -0.4 is 16.6 Å². The summed E-state index contributed by atoms with van der Waals surface area (Å²) in [5.41, 5.74) is 6.04. The minimum absolute atomic E-state index is 0.249. The molecule has 0 saturated heterocycles. The van der Waals surface area contributed by atoms with Crippen molar-refractivity contribution in [2.24, 2.45) is 15.7 Å². The number of hydrogen-bond acceptors (Lipinski definition) is 4. The number of alkyl halides is 1. The maximum absolute atomic E-state index is 13.6. The number of nitrogens with one attached hydrogen (secondary N) is 2. The smallest absolute Gasteiger partial charge is 0.272 e. The second-order valence-corrected chi connectivity index (χ2v) is 4.61. The summed E-state index contributed by atoms with van der Waals surface area (Å²) < 4.78 is 23.1. The molecule has 4 N–H and O–H groups in total. The minimum Gasteiger partial charge on any atom is -0.390 e. The molecule has 0 fully saturated rings. The van der Waals surface area contributed by atoms with Crippen LogP contribution in [0.15, 0.2) is 26.9 Å². The topological polar surface area (TPSA) is 109 Å². The van der Waals surface area contributed by atoms with Gasteiger partial charge >= 0.3 is 0 Å². The Morgan fingerprint density at radius 2 is 2.08 bits per heavy atom. The summed E-state index contributed by atoms with van der Waals surface area (Å²) in [6.07, 6.45) is 1.16. The van der Waals surface area contributed by atoms with Gasteiger partial charge in [-0.05, 0) is 12.1 Å². The molecule has 1 aliphatic rings. The van der Waals surface area contributed by atoms with Crippen LogP contribution in [-0.2, 0) is 0 Å². The van der Waals surface area contributed by atoms with E-state index in [0.717, 1.165) is 6.34 Å². The molecule has 0 amide bonds. The number of aromatic amines is 1. The summed E-state index contributed by atoms with van der Waals surface area (Å²) in [6, 6.07) is 2.54. The molecule has 2 aromatic rings. The van der Waals surface area contributed by atoms with Crippen LogP contribution in [0, 0.1) is 5.82 Å². The van der Waals surface area contributed by atoms with Crippen molar-refractivity contribution in [3.05, 3.63) is 34.0 Å². The molecule has 1 aliphatic heterocycles. The van der Waals surface area contributed by atoms with Gasteiger partial charge in [0, 0.05) is 24.7 Å². The molecule has 1 aromatic heterocycles. The third-order valence-electron chi connectivity index (χ3n) is 3.46. The van der Waals surface area contributed by atoms with Gasteiger partial charge in [0.1, 0.15) is 11.7 Å². The van der Waals surface area contributed by atoms with Gasteiger partial charge in [0.05, 0.1) is 30.5 Å². The first-order chi connectivity index (χ1) is 12.2. The molecule has 1 atom stereocenters. The number of benzene rings is 1. The van der Waals surface area contributed by atoms with Crippen LogP contribution in [-0.4, -0.2) is 43.1 Å². The van der Waals surface area contributed by atoms with Crippen LogP contribution in [0.4, 0.5) is 14.5 Å². The van der Waals surface area contributed by atoms with Crippen LogP contribution in [0.2, 0.25) is 0 Å².